The maximum Gasteiger partial charge on any atom is 0.262 e. The van der Waals surface area contributed by atoms with Gasteiger partial charge in [-0.1, -0.05) is 53.5 Å². The fourth-order valence-electron chi connectivity index (χ4n) is 3.24. The molecule has 0 bridgehead atoms. The summed E-state index contributed by atoms with van der Waals surface area (Å²) in [6.07, 6.45) is 2.84. The van der Waals surface area contributed by atoms with Gasteiger partial charge in [-0.25, -0.2) is 4.98 Å². The van der Waals surface area contributed by atoms with Crippen molar-refractivity contribution in [3.05, 3.63) is 74.3 Å². The molecule has 0 aliphatic carbocycles. The first-order chi connectivity index (χ1) is 11.5. The fraction of sp³-hybridized carbons (Fsp3) is 0.158. The van der Waals surface area contributed by atoms with Crippen LogP contribution in [0.4, 0.5) is 0 Å². The zero-order valence-electron chi connectivity index (χ0n) is 13.0. The Morgan fingerprint density at radius 1 is 1.21 bits per heavy atom. The van der Waals surface area contributed by atoms with E-state index in [0.29, 0.717) is 26.8 Å². The van der Waals surface area contributed by atoms with E-state index in [2.05, 4.69) is 11.1 Å². The zero-order valence-corrected chi connectivity index (χ0v) is 14.5. The minimum absolute atomic E-state index is 0.0529. The van der Waals surface area contributed by atoms with Crippen LogP contribution in [0.15, 0.2) is 47.3 Å². The van der Waals surface area contributed by atoms with E-state index in [1.54, 1.807) is 16.7 Å². The number of hydrogen-bond acceptors (Lipinski definition) is 2. The molecule has 0 saturated heterocycles. The molecule has 0 N–H and O–H groups in total. The summed E-state index contributed by atoms with van der Waals surface area (Å²) in [5.41, 5.74) is 2.54. The Hall–Kier alpha value is -2.10. The molecule has 1 atom stereocenters. The number of benzene rings is 2. The number of fused-ring (bicyclic) bond motifs is 2. The van der Waals surface area contributed by atoms with Gasteiger partial charge in [-0.3, -0.25) is 9.36 Å². The van der Waals surface area contributed by atoms with Crippen molar-refractivity contribution in [1.82, 2.24) is 9.55 Å². The highest BCUT2D eigenvalue weighted by atomic mass is 35.5. The average molecular weight is 357 g/mol. The van der Waals surface area contributed by atoms with E-state index in [4.69, 9.17) is 23.2 Å². The van der Waals surface area contributed by atoms with Crippen LogP contribution in [0.1, 0.15) is 30.8 Å². The highest BCUT2D eigenvalue weighted by Gasteiger charge is 2.27. The molecule has 1 unspecified atom stereocenters. The molecule has 4 rings (SSSR count). The maximum atomic E-state index is 12.9. The molecule has 1 aromatic heterocycles. The Labute approximate surface area is 149 Å². The summed E-state index contributed by atoms with van der Waals surface area (Å²) in [6, 6.07) is 13.3. The Bertz CT molecular complexity index is 1040. The van der Waals surface area contributed by atoms with Crippen LogP contribution in [0.3, 0.4) is 0 Å². The Morgan fingerprint density at radius 3 is 2.71 bits per heavy atom. The molecule has 0 spiro atoms. The third kappa shape index (κ3) is 2.45. The number of allylic oxidation sites excluding steroid dienone is 1. The highest BCUT2D eigenvalue weighted by molar-refractivity contribution is 6.38. The van der Waals surface area contributed by atoms with Crippen LogP contribution < -0.4 is 5.56 Å². The monoisotopic (exact) mass is 356 g/mol. The number of rotatable bonds is 1. The van der Waals surface area contributed by atoms with E-state index < -0.39 is 0 Å². The SMILES string of the molecule is CC1C/C(=C\c2ccccc2)c2nc3c(Cl)cc(Cl)cc3c(=O)n21. The van der Waals surface area contributed by atoms with Crippen LogP contribution in [0, 0.1) is 0 Å². The summed E-state index contributed by atoms with van der Waals surface area (Å²) in [7, 11) is 0. The number of halogens is 2. The molecule has 0 amide bonds. The second kappa shape index (κ2) is 5.76. The number of aromatic nitrogens is 2. The summed E-state index contributed by atoms with van der Waals surface area (Å²) in [5, 5.41) is 1.30. The van der Waals surface area contributed by atoms with Crippen molar-refractivity contribution >= 4 is 45.8 Å². The smallest absolute Gasteiger partial charge is 0.262 e. The lowest BCUT2D eigenvalue weighted by Gasteiger charge is -2.10. The minimum Gasteiger partial charge on any atom is -0.289 e. The van der Waals surface area contributed by atoms with Gasteiger partial charge in [-0.2, -0.15) is 0 Å². The van der Waals surface area contributed by atoms with Crippen molar-refractivity contribution in [3.8, 4) is 0 Å². The molecule has 24 heavy (non-hydrogen) atoms. The van der Waals surface area contributed by atoms with Gasteiger partial charge in [0.05, 0.1) is 15.9 Å². The van der Waals surface area contributed by atoms with Crippen molar-refractivity contribution in [2.75, 3.05) is 0 Å². The molecule has 3 aromatic rings. The molecule has 0 fully saturated rings. The van der Waals surface area contributed by atoms with E-state index in [-0.39, 0.29) is 11.6 Å². The molecular formula is C19H14Cl2N2O. The summed E-state index contributed by atoms with van der Waals surface area (Å²) in [4.78, 5) is 17.6. The maximum absolute atomic E-state index is 12.9. The van der Waals surface area contributed by atoms with Gasteiger partial charge in [0.15, 0.2) is 0 Å². The van der Waals surface area contributed by atoms with Gasteiger partial charge >= 0.3 is 0 Å². The third-order valence-electron chi connectivity index (χ3n) is 4.31. The third-order valence-corrected chi connectivity index (χ3v) is 4.81. The van der Waals surface area contributed by atoms with Crippen molar-refractivity contribution < 1.29 is 0 Å². The zero-order chi connectivity index (χ0) is 16.8. The van der Waals surface area contributed by atoms with Gasteiger partial charge in [-0.05, 0) is 42.7 Å². The average Bonchev–Trinajstić information content (AvgIpc) is 2.86. The first-order valence-electron chi connectivity index (χ1n) is 7.72. The predicted octanol–water partition coefficient (Wildman–Crippen LogP) is 5.21. The quantitative estimate of drug-likeness (QED) is 0.599. The molecule has 1 aliphatic rings. The number of hydrogen-bond donors (Lipinski definition) is 0. The van der Waals surface area contributed by atoms with Crippen LogP contribution in [0.5, 0.6) is 0 Å². The first-order valence-corrected chi connectivity index (χ1v) is 8.47. The molecule has 2 aromatic carbocycles. The van der Waals surface area contributed by atoms with Gasteiger partial charge in [0, 0.05) is 11.1 Å². The Kier molecular flexibility index (Phi) is 3.70. The molecule has 5 heteroatoms. The van der Waals surface area contributed by atoms with Crippen molar-refractivity contribution in [2.45, 2.75) is 19.4 Å². The highest BCUT2D eigenvalue weighted by Crippen LogP contribution is 2.36. The van der Waals surface area contributed by atoms with Crippen molar-refractivity contribution in [1.29, 1.82) is 0 Å². The molecule has 120 valence electrons. The van der Waals surface area contributed by atoms with E-state index >= 15 is 0 Å². The van der Waals surface area contributed by atoms with Crippen LogP contribution in [0.25, 0.3) is 22.6 Å². The Morgan fingerprint density at radius 2 is 1.96 bits per heavy atom. The normalized spacial score (nSPS) is 18.3. The van der Waals surface area contributed by atoms with Crippen molar-refractivity contribution in [2.24, 2.45) is 0 Å². The van der Waals surface area contributed by atoms with Gasteiger partial charge < -0.3 is 0 Å². The summed E-state index contributed by atoms with van der Waals surface area (Å²) < 4.78 is 1.74. The van der Waals surface area contributed by atoms with Crippen LogP contribution >= 0.6 is 23.2 Å². The van der Waals surface area contributed by atoms with E-state index in [0.717, 1.165) is 17.6 Å². The molecule has 2 heterocycles. The van der Waals surface area contributed by atoms with Crippen LogP contribution in [-0.4, -0.2) is 9.55 Å². The summed E-state index contributed by atoms with van der Waals surface area (Å²) in [6.45, 7) is 2.02. The van der Waals surface area contributed by atoms with Crippen molar-refractivity contribution in [3.63, 3.8) is 0 Å². The van der Waals surface area contributed by atoms with E-state index in [1.807, 2.05) is 37.3 Å². The van der Waals surface area contributed by atoms with E-state index in [1.165, 1.54) is 0 Å². The lowest BCUT2D eigenvalue weighted by Crippen LogP contribution is -2.23. The minimum atomic E-state index is -0.0941. The van der Waals surface area contributed by atoms with Gasteiger partial charge in [-0.15, -0.1) is 0 Å². The molecule has 1 aliphatic heterocycles. The first kappa shape index (κ1) is 15.4. The molecule has 0 saturated carbocycles. The van der Waals surface area contributed by atoms with Gasteiger partial charge in [0.25, 0.3) is 5.56 Å². The summed E-state index contributed by atoms with van der Waals surface area (Å²) in [5.74, 6) is 0.688. The predicted molar refractivity (Wildman–Crippen MR) is 99.7 cm³/mol. The Balaban J connectivity index is 2.00. The molecular weight excluding hydrogens is 343 g/mol. The summed E-state index contributed by atoms with van der Waals surface area (Å²) >= 11 is 12.3. The van der Waals surface area contributed by atoms with Gasteiger partial charge in [0.1, 0.15) is 5.82 Å². The largest absolute Gasteiger partial charge is 0.289 e. The lowest BCUT2D eigenvalue weighted by atomic mass is 10.1. The topological polar surface area (TPSA) is 34.9 Å². The second-order valence-corrected chi connectivity index (χ2v) is 6.87. The lowest BCUT2D eigenvalue weighted by molar-refractivity contribution is 0.574. The second-order valence-electron chi connectivity index (χ2n) is 6.03. The molecule has 3 nitrogen and oxygen atoms in total. The molecule has 0 radical (unpaired) electrons. The van der Waals surface area contributed by atoms with Gasteiger partial charge in [0.2, 0.25) is 0 Å². The number of nitrogens with zero attached hydrogens (tertiary/aromatic N) is 2. The van der Waals surface area contributed by atoms with Crippen LogP contribution in [-0.2, 0) is 0 Å². The van der Waals surface area contributed by atoms with E-state index in [9.17, 15) is 4.79 Å². The standard InChI is InChI=1S/C19H14Cl2N2O/c1-11-7-13(8-12-5-3-2-4-6-12)18-22-17-15(19(24)23(11)18)9-14(20)10-16(17)21/h2-6,8-11H,7H2,1H3/b13-8+. The van der Waals surface area contributed by atoms with Crippen LogP contribution in [0.2, 0.25) is 10.0 Å². The fourth-order valence-corrected chi connectivity index (χ4v) is 3.77.